The van der Waals surface area contributed by atoms with Crippen molar-refractivity contribution in [2.24, 2.45) is 5.92 Å². The number of hydrogen-bond acceptors (Lipinski definition) is 0. The van der Waals surface area contributed by atoms with E-state index in [0.29, 0.717) is 17.9 Å². The van der Waals surface area contributed by atoms with Crippen LogP contribution in [0.4, 0.5) is 13.2 Å². The summed E-state index contributed by atoms with van der Waals surface area (Å²) in [5.41, 5.74) is 2.20. The molecule has 1 unspecified atom stereocenters. The van der Waals surface area contributed by atoms with Crippen LogP contribution >= 0.6 is 0 Å². The van der Waals surface area contributed by atoms with Crippen molar-refractivity contribution in [1.82, 2.24) is 0 Å². The van der Waals surface area contributed by atoms with Crippen LogP contribution in [0.25, 0.3) is 0 Å². The van der Waals surface area contributed by atoms with Gasteiger partial charge in [-0.15, -0.1) is 0 Å². The smallest absolute Gasteiger partial charge is 0.166 e. The fourth-order valence-corrected chi connectivity index (χ4v) is 2.16. The first-order valence-corrected chi connectivity index (χ1v) is 7.28. The van der Waals surface area contributed by atoms with Crippen molar-refractivity contribution in [3.63, 3.8) is 0 Å². The number of hydrogen-bond donors (Lipinski definition) is 0. The van der Waals surface area contributed by atoms with Gasteiger partial charge >= 0.3 is 6.18 Å². The highest BCUT2D eigenvalue weighted by Gasteiger charge is 2.30. The van der Waals surface area contributed by atoms with E-state index in [9.17, 15) is 13.2 Å². The molecule has 0 heterocycles. The Morgan fingerprint density at radius 2 is 1.90 bits per heavy atom. The SMILES string of the molecule is C=C(CCCc1cccc(C(F)(F)F)c1)C(=C)C(C)CC. The van der Waals surface area contributed by atoms with E-state index in [1.54, 1.807) is 6.07 Å². The molecule has 0 radical (unpaired) electrons. The molecule has 0 saturated carbocycles. The van der Waals surface area contributed by atoms with Gasteiger partial charge in [0.1, 0.15) is 0 Å². The van der Waals surface area contributed by atoms with Crippen molar-refractivity contribution in [3.8, 4) is 0 Å². The van der Waals surface area contributed by atoms with Gasteiger partial charge in [0, 0.05) is 0 Å². The summed E-state index contributed by atoms with van der Waals surface area (Å²) < 4.78 is 37.9. The van der Waals surface area contributed by atoms with Crippen molar-refractivity contribution in [2.75, 3.05) is 0 Å². The quantitative estimate of drug-likeness (QED) is 0.526. The highest BCUT2D eigenvalue weighted by Crippen LogP contribution is 2.30. The molecule has 0 amide bonds. The molecule has 0 nitrogen and oxygen atoms in total. The van der Waals surface area contributed by atoms with Crippen LogP contribution in [0.1, 0.15) is 44.2 Å². The Kier molecular flexibility index (Phi) is 6.25. The van der Waals surface area contributed by atoms with Crippen LogP contribution in [-0.2, 0) is 12.6 Å². The molecule has 0 fully saturated rings. The summed E-state index contributed by atoms with van der Waals surface area (Å²) in [4.78, 5) is 0. The van der Waals surface area contributed by atoms with Gasteiger partial charge < -0.3 is 0 Å². The number of benzene rings is 1. The number of alkyl halides is 3. The predicted molar refractivity (Wildman–Crippen MR) is 82.1 cm³/mol. The Hall–Kier alpha value is -1.51. The summed E-state index contributed by atoms with van der Waals surface area (Å²) in [5.74, 6) is 0.408. The van der Waals surface area contributed by atoms with Crippen LogP contribution in [0.3, 0.4) is 0 Å². The van der Waals surface area contributed by atoms with E-state index >= 15 is 0 Å². The maximum Gasteiger partial charge on any atom is 0.416 e. The van der Waals surface area contributed by atoms with E-state index in [2.05, 4.69) is 27.0 Å². The molecule has 1 atom stereocenters. The summed E-state index contributed by atoms with van der Waals surface area (Å²) in [6.07, 6.45) is -1.07. The first-order chi connectivity index (χ1) is 9.75. The third-order valence-electron chi connectivity index (χ3n) is 3.86. The van der Waals surface area contributed by atoms with E-state index < -0.39 is 11.7 Å². The summed E-state index contributed by atoms with van der Waals surface area (Å²) in [5, 5.41) is 0. The van der Waals surface area contributed by atoms with E-state index in [4.69, 9.17) is 0 Å². The number of rotatable bonds is 7. The van der Waals surface area contributed by atoms with Gasteiger partial charge in [0.15, 0.2) is 0 Å². The first kappa shape index (κ1) is 17.5. The zero-order chi connectivity index (χ0) is 16.0. The number of aryl methyl sites for hydroxylation is 1. The Morgan fingerprint density at radius 3 is 2.48 bits per heavy atom. The zero-order valence-electron chi connectivity index (χ0n) is 12.8. The van der Waals surface area contributed by atoms with Gasteiger partial charge in [0.05, 0.1) is 5.56 Å². The highest BCUT2D eigenvalue weighted by molar-refractivity contribution is 5.28. The van der Waals surface area contributed by atoms with Crippen LogP contribution in [0.5, 0.6) is 0 Å². The van der Waals surface area contributed by atoms with E-state index in [1.165, 1.54) is 12.1 Å². The molecule has 0 aliphatic carbocycles. The molecule has 1 aromatic carbocycles. The fraction of sp³-hybridized carbons (Fsp3) is 0.444. The van der Waals surface area contributed by atoms with Crippen molar-refractivity contribution < 1.29 is 13.2 Å². The Morgan fingerprint density at radius 1 is 1.24 bits per heavy atom. The number of halogens is 3. The van der Waals surface area contributed by atoms with Gasteiger partial charge in [-0.1, -0.05) is 50.8 Å². The summed E-state index contributed by atoms with van der Waals surface area (Å²) in [6.45, 7) is 12.3. The fourth-order valence-electron chi connectivity index (χ4n) is 2.16. The molecule has 116 valence electrons. The summed E-state index contributed by atoms with van der Waals surface area (Å²) in [7, 11) is 0. The standard InChI is InChI=1S/C18H23F3/c1-5-13(2)15(4)14(3)8-6-9-16-10-7-11-17(12-16)18(19,20)21/h7,10-13H,3-6,8-9H2,1-2H3. The molecule has 3 heteroatoms. The average Bonchev–Trinajstić information content (AvgIpc) is 2.45. The minimum Gasteiger partial charge on any atom is -0.166 e. The molecule has 0 aliphatic heterocycles. The lowest BCUT2D eigenvalue weighted by molar-refractivity contribution is -0.137. The normalized spacial score (nSPS) is 13.0. The molecule has 0 bridgehead atoms. The lowest BCUT2D eigenvalue weighted by Crippen LogP contribution is -2.05. The minimum absolute atomic E-state index is 0.408. The second-order valence-corrected chi connectivity index (χ2v) is 5.49. The summed E-state index contributed by atoms with van der Waals surface area (Å²) in [6, 6.07) is 5.53. The van der Waals surface area contributed by atoms with Gasteiger partial charge in [-0.2, -0.15) is 13.2 Å². The highest BCUT2D eigenvalue weighted by atomic mass is 19.4. The topological polar surface area (TPSA) is 0 Å². The Balaban J connectivity index is 2.53. The summed E-state index contributed by atoms with van der Waals surface area (Å²) >= 11 is 0. The second-order valence-electron chi connectivity index (χ2n) is 5.49. The first-order valence-electron chi connectivity index (χ1n) is 7.28. The maximum atomic E-state index is 12.6. The molecular weight excluding hydrogens is 273 g/mol. The molecule has 0 saturated heterocycles. The lowest BCUT2D eigenvalue weighted by Gasteiger charge is -2.15. The molecule has 0 aromatic heterocycles. The minimum atomic E-state index is -4.27. The van der Waals surface area contributed by atoms with Crippen molar-refractivity contribution >= 4 is 0 Å². The molecule has 0 N–H and O–H groups in total. The van der Waals surface area contributed by atoms with Gasteiger partial charge in [-0.25, -0.2) is 0 Å². The van der Waals surface area contributed by atoms with Crippen molar-refractivity contribution in [2.45, 2.75) is 45.7 Å². The van der Waals surface area contributed by atoms with Crippen molar-refractivity contribution in [3.05, 3.63) is 59.7 Å². The third kappa shape index (κ3) is 5.41. The maximum absolute atomic E-state index is 12.6. The van der Waals surface area contributed by atoms with Gasteiger partial charge in [-0.3, -0.25) is 0 Å². The van der Waals surface area contributed by atoms with E-state index in [1.807, 2.05) is 0 Å². The van der Waals surface area contributed by atoms with Gasteiger partial charge in [-0.05, 0) is 48.8 Å². The molecule has 1 rings (SSSR count). The Bertz CT molecular complexity index is 497. The van der Waals surface area contributed by atoms with Gasteiger partial charge in [0.2, 0.25) is 0 Å². The van der Waals surface area contributed by atoms with Gasteiger partial charge in [0.25, 0.3) is 0 Å². The molecule has 1 aromatic rings. The lowest BCUT2D eigenvalue weighted by atomic mass is 9.91. The van der Waals surface area contributed by atoms with Crippen LogP contribution in [0.2, 0.25) is 0 Å². The monoisotopic (exact) mass is 296 g/mol. The Labute approximate surface area is 125 Å². The molecule has 21 heavy (non-hydrogen) atoms. The van der Waals surface area contributed by atoms with E-state index in [0.717, 1.165) is 36.5 Å². The predicted octanol–water partition coefficient (Wildman–Crippen LogP) is 6.19. The number of allylic oxidation sites excluding steroid dienone is 2. The average molecular weight is 296 g/mol. The molecule has 0 spiro atoms. The zero-order valence-corrected chi connectivity index (χ0v) is 12.8. The van der Waals surface area contributed by atoms with Crippen LogP contribution in [0.15, 0.2) is 48.6 Å². The van der Waals surface area contributed by atoms with Crippen LogP contribution in [-0.4, -0.2) is 0 Å². The van der Waals surface area contributed by atoms with Crippen LogP contribution in [0, 0.1) is 5.92 Å². The van der Waals surface area contributed by atoms with Crippen LogP contribution < -0.4 is 0 Å². The molecular formula is C18H23F3. The van der Waals surface area contributed by atoms with Crippen molar-refractivity contribution in [1.29, 1.82) is 0 Å². The molecule has 0 aliphatic rings. The largest absolute Gasteiger partial charge is 0.416 e. The van der Waals surface area contributed by atoms with E-state index in [-0.39, 0.29) is 0 Å². The third-order valence-corrected chi connectivity index (χ3v) is 3.86. The second kappa shape index (κ2) is 7.48.